The molecule has 0 aliphatic heterocycles. The first-order chi connectivity index (χ1) is 9.10. The number of halogens is 1. The number of hydrogen-bond donors (Lipinski definition) is 3. The van der Waals surface area contributed by atoms with Crippen LogP contribution < -0.4 is 11.3 Å². The third-order valence-corrected chi connectivity index (χ3v) is 3.39. The van der Waals surface area contributed by atoms with Gasteiger partial charge in [0, 0.05) is 27.7 Å². The van der Waals surface area contributed by atoms with Crippen LogP contribution in [0.15, 0.2) is 50.5 Å². The Morgan fingerprint density at radius 2 is 2.26 bits per heavy atom. The zero-order valence-corrected chi connectivity index (χ0v) is 11.1. The van der Waals surface area contributed by atoms with Gasteiger partial charge in [-0.2, -0.15) is 0 Å². The van der Waals surface area contributed by atoms with E-state index in [4.69, 9.17) is 22.5 Å². The average Bonchev–Trinajstić information content (AvgIpc) is 2.40. The van der Waals surface area contributed by atoms with Gasteiger partial charge in [-0.25, -0.2) is 4.98 Å². The number of aromatic amines is 1. The number of amidine groups is 1. The molecule has 0 radical (unpaired) electrons. The van der Waals surface area contributed by atoms with Crippen LogP contribution in [0.2, 0.25) is 5.02 Å². The lowest BCUT2D eigenvalue weighted by atomic mass is 10.2. The first-order valence-electron chi connectivity index (χ1n) is 5.11. The van der Waals surface area contributed by atoms with Gasteiger partial charge in [-0.1, -0.05) is 28.5 Å². The van der Waals surface area contributed by atoms with Crippen LogP contribution in [0.5, 0.6) is 0 Å². The summed E-state index contributed by atoms with van der Waals surface area (Å²) in [5.74, 6) is -0.0664. The summed E-state index contributed by atoms with van der Waals surface area (Å²) >= 11 is 7.05. The molecule has 4 N–H and O–H groups in total. The van der Waals surface area contributed by atoms with Crippen molar-refractivity contribution in [1.82, 2.24) is 9.97 Å². The lowest BCUT2D eigenvalue weighted by Gasteiger charge is -2.07. The maximum atomic E-state index is 11.2. The van der Waals surface area contributed by atoms with E-state index < -0.39 is 0 Å². The van der Waals surface area contributed by atoms with E-state index in [1.54, 1.807) is 18.2 Å². The monoisotopic (exact) mass is 296 g/mol. The molecule has 2 rings (SSSR count). The molecule has 0 aliphatic carbocycles. The molecule has 0 bridgehead atoms. The molecule has 98 valence electrons. The number of oxime groups is 1. The van der Waals surface area contributed by atoms with Crippen molar-refractivity contribution in [1.29, 1.82) is 0 Å². The highest BCUT2D eigenvalue weighted by Crippen LogP contribution is 2.29. The minimum atomic E-state index is -0.253. The molecule has 0 aliphatic rings. The molecule has 0 saturated heterocycles. The van der Waals surface area contributed by atoms with Gasteiger partial charge >= 0.3 is 0 Å². The largest absolute Gasteiger partial charge is 0.409 e. The van der Waals surface area contributed by atoms with Crippen LogP contribution in [0, 0.1) is 0 Å². The number of aromatic nitrogens is 2. The lowest BCUT2D eigenvalue weighted by molar-refractivity contribution is 0.318. The molecular weight excluding hydrogens is 288 g/mol. The fourth-order valence-corrected chi connectivity index (χ4v) is 2.41. The number of nitrogens with zero attached hydrogens (tertiary/aromatic N) is 2. The van der Waals surface area contributed by atoms with Gasteiger partial charge in [0.15, 0.2) is 11.0 Å². The molecule has 1 aromatic carbocycles. The maximum Gasteiger partial charge on any atom is 0.251 e. The predicted octanol–water partition coefficient (Wildman–Crippen LogP) is 1.67. The fourth-order valence-electron chi connectivity index (χ4n) is 1.35. The van der Waals surface area contributed by atoms with Crippen LogP contribution in [-0.4, -0.2) is 21.0 Å². The van der Waals surface area contributed by atoms with Crippen LogP contribution in [-0.2, 0) is 0 Å². The summed E-state index contributed by atoms with van der Waals surface area (Å²) in [6.07, 6.45) is 1.40. The Bertz CT molecular complexity index is 686. The first kappa shape index (κ1) is 13.4. The summed E-state index contributed by atoms with van der Waals surface area (Å²) < 4.78 is 0. The number of rotatable bonds is 3. The summed E-state index contributed by atoms with van der Waals surface area (Å²) in [6.45, 7) is 0. The number of nitrogens with one attached hydrogen (secondary N) is 1. The number of nitrogens with two attached hydrogens (primary N) is 1. The maximum absolute atomic E-state index is 11.2. The molecule has 0 unspecified atom stereocenters. The highest BCUT2D eigenvalue weighted by molar-refractivity contribution is 7.99. The molecule has 0 saturated carbocycles. The smallest absolute Gasteiger partial charge is 0.251 e. The van der Waals surface area contributed by atoms with Crippen molar-refractivity contribution in [2.45, 2.75) is 10.1 Å². The van der Waals surface area contributed by atoms with Crippen LogP contribution in [0.4, 0.5) is 0 Å². The van der Waals surface area contributed by atoms with E-state index in [1.165, 1.54) is 24.0 Å². The Hall–Kier alpha value is -1.99. The highest BCUT2D eigenvalue weighted by atomic mass is 35.5. The number of benzene rings is 1. The van der Waals surface area contributed by atoms with E-state index in [0.717, 1.165) is 0 Å². The van der Waals surface area contributed by atoms with Gasteiger partial charge in [-0.05, 0) is 18.2 Å². The predicted molar refractivity (Wildman–Crippen MR) is 72.9 cm³/mol. The van der Waals surface area contributed by atoms with Gasteiger partial charge in [0.2, 0.25) is 0 Å². The normalized spacial score (nSPS) is 11.5. The molecule has 6 nitrogen and oxygen atoms in total. The van der Waals surface area contributed by atoms with Gasteiger partial charge < -0.3 is 15.9 Å². The molecule has 0 spiro atoms. The minimum absolute atomic E-state index is 0.0664. The average molecular weight is 297 g/mol. The molecule has 0 amide bonds. The van der Waals surface area contributed by atoms with Crippen LogP contribution in [0.1, 0.15) is 5.56 Å². The summed E-state index contributed by atoms with van der Waals surface area (Å²) in [6, 6.07) is 6.25. The zero-order chi connectivity index (χ0) is 13.8. The van der Waals surface area contributed by atoms with Gasteiger partial charge in [-0.15, -0.1) is 0 Å². The van der Waals surface area contributed by atoms with E-state index in [-0.39, 0.29) is 11.4 Å². The summed E-state index contributed by atoms with van der Waals surface area (Å²) in [7, 11) is 0. The Labute approximate surface area is 117 Å². The van der Waals surface area contributed by atoms with Crippen molar-refractivity contribution < 1.29 is 5.21 Å². The van der Waals surface area contributed by atoms with Gasteiger partial charge in [0.25, 0.3) is 5.56 Å². The second kappa shape index (κ2) is 5.77. The molecular formula is C11H9ClN4O2S. The quantitative estimate of drug-likeness (QED) is 0.263. The third-order valence-electron chi connectivity index (χ3n) is 2.18. The van der Waals surface area contributed by atoms with Gasteiger partial charge in [-0.3, -0.25) is 4.79 Å². The van der Waals surface area contributed by atoms with Gasteiger partial charge in [0.05, 0.1) is 0 Å². The number of hydrogen-bond acceptors (Lipinski definition) is 5. The SMILES string of the molecule is NC(=NO)c1cc(Cl)ccc1Sc1nccc(=O)[nH]1. The molecule has 2 aromatic rings. The second-order valence-electron chi connectivity index (χ2n) is 3.47. The standard InChI is InChI=1S/C11H9ClN4O2S/c12-6-1-2-8(7(5-6)10(13)16-18)19-11-14-4-3-9(17)15-11/h1-5,18H,(H2,13,16)(H,14,15,17). The van der Waals surface area contributed by atoms with E-state index in [1.807, 2.05) is 0 Å². The van der Waals surface area contributed by atoms with Crippen molar-refractivity contribution in [3.8, 4) is 0 Å². The Morgan fingerprint density at radius 1 is 1.47 bits per heavy atom. The second-order valence-corrected chi connectivity index (χ2v) is 4.93. The Morgan fingerprint density at radius 3 is 2.95 bits per heavy atom. The topological polar surface area (TPSA) is 104 Å². The zero-order valence-electron chi connectivity index (χ0n) is 9.50. The summed E-state index contributed by atoms with van der Waals surface area (Å²) in [5.41, 5.74) is 5.79. The molecule has 0 atom stereocenters. The lowest BCUT2D eigenvalue weighted by Crippen LogP contribution is -2.14. The number of H-pyrrole nitrogens is 1. The van der Waals surface area contributed by atoms with E-state index in [9.17, 15) is 4.79 Å². The van der Waals surface area contributed by atoms with Crippen molar-refractivity contribution in [3.63, 3.8) is 0 Å². The van der Waals surface area contributed by atoms with Gasteiger partial charge in [0.1, 0.15) is 0 Å². The fraction of sp³-hybridized carbons (Fsp3) is 0. The molecule has 8 heteroatoms. The molecule has 19 heavy (non-hydrogen) atoms. The van der Waals surface area contributed by atoms with Crippen molar-refractivity contribution in [3.05, 3.63) is 51.4 Å². The highest BCUT2D eigenvalue weighted by Gasteiger charge is 2.10. The Kier molecular flexibility index (Phi) is 4.08. The first-order valence-corrected chi connectivity index (χ1v) is 6.30. The molecule has 0 fully saturated rings. The third kappa shape index (κ3) is 3.27. The molecule has 1 heterocycles. The minimum Gasteiger partial charge on any atom is -0.409 e. The van der Waals surface area contributed by atoms with Crippen LogP contribution >= 0.6 is 23.4 Å². The van der Waals surface area contributed by atoms with E-state index in [2.05, 4.69) is 15.1 Å². The van der Waals surface area contributed by atoms with Crippen molar-refractivity contribution >= 4 is 29.2 Å². The van der Waals surface area contributed by atoms with Crippen LogP contribution in [0.25, 0.3) is 0 Å². The van der Waals surface area contributed by atoms with Crippen molar-refractivity contribution in [2.75, 3.05) is 0 Å². The summed E-state index contributed by atoms with van der Waals surface area (Å²) in [4.78, 5) is 18.4. The molecule has 1 aromatic heterocycles. The van der Waals surface area contributed by atoms with Crippen LogP contribution in [0.3, 0.4) is 0 Å². The Balaban J connectivity index is 2.42. The summed E-state index contributed by atoms with van der Waals surface area (Å²) in [5, 5.41) is 12.6. The van der Waals surface area contributed by atoms with E-state index >= 15 is 0 Å². The van der Waals surface area contributed by atoms with E-state index in [0.29, 0.717) is 20.6 Å². The van der Waals surface area contributed by atoms with Crippen molar-refractivity contribution in [2.24, 2.45) is 10.9 Å².